The minimum atomic E-state index is -0.511. The normalized spacial score (nSPS) is 10.8. The zero-order valence-corrected chi connectivity index (χ0v) is 17.8. The van der Waals surface area contributed by atoms with Crippen LogP contribution in [0.15, 0.2) is 72.9 Å². The van der Waals surface area contributed by atoms with E-state index in [-0.39, 0.29) is 11.5 Å². The summed E-state index contributed by atoms with van der Waals surface area (Å²) in [7, 11) is 3.19. The van der Waals surface area contributed by atoms with Gasteiger partial charge in [0.25, 0.3) is 0 Å². The van der Waals surface area contributed by atoms with Crippen LogP contribution in [0.3, 0.4) is 0 Å². The number of phenolic OH excluding ortho intramolecular Hbond substituents is 1. The summed E-state index contributed by atoms with van der Waals surface area (Å²) in [5.41, 5.74) is 2.03. The number of anilines is 2. The number of benzene rings is 3. The lowest BCUT2D eigenvalue weighted by Crippen LogP contribution is -2.22. The van der Waals surface area contributed by atoms with Gasteiger partial charge in [0.05, 0.1) is 19.2 Å². The van der Waals surface area contributed by atoms with Gasteiger partial charge in [0.1, 0.15) is 17.2 Å². The Labute approximate surface area is 185 Å². The van der Waals surface area contributed by atoms with Gasteiger partial charge in [0.15, 0.2) is 11.6 Å². The number of nitrogens with zero attached hydrogens (tertiary/aromatic N) is 2. The summed E-state index contributed by atoms with van der Waals surface area (Å²) in [6.07, 6.45) is 1.61. The fraction of sp³-hybridized carbons (Fsp3) is 0.160. The number of methoxy groups -OCH3 is 2. The number of aromatic hydroxyl groups is 1. The molecule has 4 aromatic rings. The second kappa shape index (κ2) is 9.53. The molecule has 1 N–H and O–H groups in total. The highest BCUT2D eigenvalue weighted by Gasteiger charge is 2.15. The Balaban J connectivity index is 1.65. The molecule has 0 aliphatic heterocycles. The van der Waals surface area contributed by atoms with Gasteiger partial charge in [0.2, 0.25) is 0 Å². The Hall–Kier alpha value is -3.84. The van der Waals surface area contributed by atoms with Crippen LogP contribution in [0.2, 0.25) is 0 Å². The van der Waals surface area contributed by atoms with Gasteiger partial charge in [-0.25, -0.2) is 4.39 Å². The Morgan fingerprint density at radius 3 is 2.53 bits per heavy atom. The van der Waals surface area contributed by atoms with Gasteiger partial charge in [-0.1, -0.05) is 6.07 Å². The molecule has 0 spiro atoms. The molecule has 164 valence electrons. The highest BCUT2D eigenvalue weighted by atomic mass is 19.1. The third-order valence-electron chi connectivity index (χ3n) is 5.02. The Bertz CT molecular complexity index is 1230. The van der Waals surface area contributed by atoms with Crippen molar-refractivity contribution in [1.29, 1.82) is 0 Å². The maximum Gasteiger partial charge on any atom is 0.167 e. The van der Waals surface area contributed by atoms with E-state index in [1.54, 1.807) is 68.9 Å². The van der Waals surface area contributed by atoms with E-state index < -0.39 is 5.82 Å². The van der Waals surface area contributed by atoms with Gasteiger partial charge in [0, 0.05) is 54.8 Å². The van der Waals surface area contributed by atoms with E-state index in [2.05, 4.69) is 4.98 Å². The van der Waals surface area contributed by atoms with Gasteiger partial charge in [-0.3, -0.25) is 4.98 Å². The summed E-state index contributed by atoms with van der Waals surface area (Å²) < 4.78 is 31.4. The molecular formula is C25H23FN2O4. The van der Waals surface area contributed by atoms with Crippen molar-refractivity contribution in [3.05, 3.63) is 78.7 Å². The van der Waals surface area contributed by atoms with Gasteiger partial charge in [-0.15, -0.1) is 0 Å². The van der Waals surface area contributed by atoms with E-state index in [1.807, 2.05) is 17.0 Å². The molecule has 6 nitrogen and oxygen atoms in total. The van der Waals surface area contributed by atoms with Crippen molar-refractivity contribution in [3.8, 4) is 23.0 Å². The largest absolute Gasteiger partial charge is 0.508 e. The van der Waals surface area contributed by atoms with Crippen LogP contribution in [0.4, 0.5) is 15.8 Å². The molecule has 4 rings (SSSR count). The zero-order chi connectivity index (χ0) is 22.5. The highest BCUT2D eigenvalue weighted by Crippen LogP contribution is 2.35. The number of aromatic nitrogens is 1. The lowest BCUT2D eigenvalue weighted by molar-refractivity contribution is 0.207. The molecule has 1 aromatic heterocycles. The Morgan fingerprint density at radius 1 is 0.938 bits per heavy atom. The van der Waals surface area contributed by atoms with Gasteiger partial charge in [-0.2, -0.15) is 0 Å². The summed E-state index contributed by atoms with van der Waals surface area (Å²) >= 11 is 0. The molecule has 0 atom stereocenters. The highest BCUT2D eigenvalue weighted by molar-refractivity contribution is 5.86. The summed E-state index contributed by atoms with van der Waals surface area (Å²) in [5, 5.41) is 10.6. The summed E-state index contributed by atoms with van der Waals surface area (Å²) in [4.78, 5) is 6.19. The molecule has 0 radical (unpaired) electrons. The fourth-order valence-electron chi connectivity index (χ4n) is 3.43. The molecule has 0 saturated heterocycles. The summed E-state index contributed by atoms with van der Waals surface area (Å²) in [6.45, 7) is 0.915. The SMILES string of the molecule is COCCN(c1cccc(O)c1)c1ccc(Oc2ccnc3cc(OC)ccc23)c(F)c1. The molecule has 0 bridgehead atoms. The zero-order valence-electron chi connectivity index (χ0n) is 17.8. The molecule has 3 aromatic carbocycles. The molecule has 1 heterocycles. The van der Waals surface area contributed by atoms with Crippen LogP contribution in [-0.2, 0) is 4.74 Å². The average molecular weight is 434 g/mol. The van der Waals surface area contributed by atoms with Crippen molar-refractivity contribution < 1.29 is 23.7 Å². The van der Waals surface area contributed by atoms with E-state index in [0.717, 1.165) is 11.1 Å². The van der Waals surface area contributed by atoms with E-state index in [9.17, 15) is 5.11 Å². The van der Waals surface area contributed by atoms with Crippen LogP contribution in [0.5, 0.6) is 23.0 Å². The first-order chi connectivity index (χ1) is 15.6. The standard InChI is InChI=1S/C25H23FN2O4/c1-30-13-12-28(17-4-3-5-19(29)14-17)18-6-9-25(22(26)15-18)32-24-10-11-27-23-16-20(31-2)7-8-21(23)24/h3-11,14-16,29H,12-13H2,1-2H3. The minimum absolute atomic E-state index is 0.0969. The molecule has 0 saturated carbocycles. The summed E-state index contributed by atoms with van der Waals surface area (Å²) in [5.74, 6) is 0.893. The number of pyridine rings is 1. The predicted octanol–water partition coefficient (Wildman–Crippen LogP) is 5.66. The lowest BCUT2D eigenvalue weighted by atomic mass is 10.2. The molecule has 0 aliphatic rings. The van der Waals surface area contributed by atoms with Crippen LogP contribution in [0, 0.1) is 5.82 Å². The first kappa shape index (κ1) is 21.4. The third-order valence-corrected chi connectivity index (χ3v) is 5.02. The minimum Gasteiger partial charge on any atom is -0.508 e. The number of ether oxygens (including phenoxy) is 3. The first-order valence-electron chi connectivity index (χ1n) is 10.0. The van der Waals surface area contributed by atoms with Crippen LogP contribution in [-0.4, -0.2) is 37.5 Å². The van der Waals surface area contributed by atoms with Crippen molar-refractivity contribution >= 4 is 22.3 Å². The van der Waals surface area contributed by atoms with Crippen molar-refractivity contribution in [2.24, 2.45) is 0 Å². The van der Waals surface area contributed by atoms with Crippen molar-refractivity contribution in [1.82, 2.24) is 4.98 Å². The second-order valence-electron chi connectivity index (χ2n) is 7.07. The fourth-order valence-corrected chi connectivity index (χ4v) is 3.43. The Morgan fingerprint density at radius 2 is 1.78 bits per heavy atom. The number of halogens is 1. The maximum atomic E-state index is 15.1. The molecule has 32 heavy (non-hydrogen) atoms. The third kappa shape index (κ3) is 4.58. The van der Waals surface area contributed by atoms with E-state index in [4.69, 9.17) is 14.2 Å². The van der Waals surface area contributed by atoms with Crippen molar-refractivity contribution in [2.75, 3.05) is 32.3 Å². The summed E-state index contributed by atoms with van der Waals surface area (Å²) in [6, 6.07) is 18.7. The van der Waals surface area contributed by atoms with Crippen molar-refractivity contribution in [3.63, 3.8) is 0 Å². The smallest absolute Gasteiger partial charge is 0.167 e. The van der Waals surface area contributed by atoms with Crippen LogP contribution in [0.25, 0.3) is 10.9 Å². The molecular weight excluding hydrogens is 411 g/mol. The molecule has 0 amide bonds. The van der Waals surface area contributed by atoms with Crippen molar-refractivity contribution in [2.45, 2.75) is 0 Å². The van der Waals surface area contributed by atoms with E-state index in [1.165, 1.54) is 6.07 Å². The quantitative estimate of drug-likeness (QED) is 0.386. The number of phenols is 1. The number of fused-ring (bicyclic) bond motifs is 1. The second-order valence-corrected chi connectivity index (χ2v) is 7.07. The van der Waals surface area contributed by atoms with E-state index in [0.29, 0.717) is 35.9 Å². The maximum absolute atomic E-state index is 15.1. The van der Waals surface area contributed by atoms with Gasteiger partial charge < -0.3 is 24.2 Å². The molecule has 0 aliphatic carbocycles. The predicted molar refractivity (Wildman–Crippen MR) is 122 cm³/mol. The molecule has 7 heteroatoms. The topological polar surface area (TPSA) is 64.1 Å². The van der Waals surface area contributed by atoms with Crippen LogP contribution >= 0.6 is 0 Å². The lowest BCUT2D eigenvalue weighted by Gasteiger charge is -2.25. The molecule has 0 fully saturated rings. The Kier molecular flexibility index (Phi) is 6.37. The van der Waals surface area contributed by atoms with Crippen LogP contribution in [0.1, 0.15) is 0 Å². The van der Waals surface area contributed by atoms with Gasteiger partial charge in [-0.05, 0) is 42.5 Å². The average Bonchev–Trinajstić information content (AvgIpc) is 2.81. The van der Waals surface area contributed by atoms with E-state index >= 15 is 4.39 Å². The number of hydrogen-bond donors (Lipinski definition) is 1. The first-order valence-corrected chi connectivity index (χ1v) is 10.0. The monoisotopic (exact) mass is 434 g/mol. The van der Waals surface area contributed by atoms with Gasteiger partial charge >= 0.3 is 0 Å². The number of rotatable bonds is 8. The van der Waals surface area contributed by atoms with Crippen LogP contribution < -0.4 is 14.4 Å². The number of hydrogen-bond acceptors (Lipinski definition) is 6. The molecule has 0 unspecified atom stereocenters.